The van der Waals surface area contributed by atoms with Gasteiger partial charge in [-0.1, -0.05) is 25.5 Å². The Kier molecular flexibility index (Phi) is 3.85. The van der Waals surface area contributed by atoms with Gasteiger partial charge in [0, 0.05) is 12.5 Å². The van der Waals surface area contributed by atoms with Gasteiger partial charge in [0.1, 0.15) is 0 Å². The first kappa shape index (κ1) is 15.7. The lowest BCUT2D eigenvalue weighted by Crippen LogP contribution is -2.51. The van der Waals surface area contributed by atoms with Crippen LogP contribution in [0.4, 0.5) is 0 Å². The third kappa shape index (κ3) is 2.66. The molecule has 1 amide bonds. The van der Waals surface area contributed by atoms with Gasteiger partial charge in [-0.25, -0.2) is 0 Å². The van der Waals surface area contributed by atoms with Crippen molar-refractivity contribution in [1.29, 1.82) is 0 Å². The van der Waals surface area contributed by atoms with E-state index in [1.165, 1.54) is 44.1 Å². The maximum absolute atomic E-state index is 12.8. The molecule has 0 aliphatic heterocycles. The highest BCUT2D eigenvalue weighted by Gasteiger charge is 2.50. The number of carbonyl (C=O) groups excluding carboxylic acids is 1. The summed E-state index contributed by atoms with van der Waals surface area (Å²) < 4.78 is 0. The number of allylic oxidation sites excluding steroid dienone is 2. The maximum Gasteiger partial charge on any atom is 0.223 e. The predicted octanol–water partition coefficient (Wildman–Crippen LogP) is 4.56. The Hall–Kier alpha value is -0.790. The minimum Gasteiger partial charge on any atom is -0.356 e. The molecular formula is C21H33NO. The smallest absolute Gasteiger partial charge is 0.223 e. The lowest BCUT2D eigenvalue weighted by Gasteiger charge is -2.53. The second-order valence-corrected chi connectivity index (χ2v) is 9.58. The number of hydrogen-bond acceptors (Lipinski definition) is 1. The molecule has 5 rings (SSSR count). The summed E-state index contributed by atoms with van der Waals surface area (Å²) in [5, 5.41) is 3.33. The number of carbonyl (C=O) groups is 1. The number of nitrogens with one attached hydrogen (secondary N) is 1. The van der Waals surface area contributed by atoms with Gasteiger partial charge in [-0.05, 0) is 86.9 Å². The van der Waals surface area contributed by atoms with Crippen molar-refractivity contribution >= 4 is 5.91 Å². The third-order valence-corrected chi connectivity index (χ3v) is 8.07. The molecule has 0 aromatic heterocycles. The molecule has 4 bridgehead atoms. The average Bonchev–Trinajstić information content (AvgIpc) is 2.73. The van der Waals surface area contributed by atoms with Gasteiger partial charge in [0.05, 0.1) is 0 Å². The topological polar surface area (TPSA) is 29.1 Å². The summed E-state index contributed by atoms with van der Waals surface area (Å²) in [7, 11) is 0. The molecule has 1 N–H and O–H groups in total. The van der Waals surface area contributed by atoms with Crippen LogP contribution in [0.2, 0.25) is 0 Å². The molecule has 0 aromatic rings. The minimum atomic E-state index is 0.313. The van der Waals surface area contributed by atoms with Crippen molar-refractivity contribution in [2.75, 3.05) is 6.54 Å². The summed E-state index contributed by atoms with van der Waals surface area (Å²) in [5.41, 5.74) is 1.84. The fourth-order valence-electron chi connectivity index (χ4n) is 6.52. The Morgan fingerprint density at radius 2 is 1.74 bits per heavy atom. The van der Waals surface area contributed by atoms with Gasteiger partial charge in [-0.3, -0.25) is 4.79 Å². The molecule has 2 nitrogen and oxygen atoms in total. The van der Waals surface area contributed by atoms with E-state index in [2.05, 4.69) is 32.2 Å². The van der Waals surface area contributed by atoms with Crippen molar-refractivity contribution in [2.45, 2.75) is 65.7 Å². The van der Waals surface area contributed by atoms with Crippen LogP contribution in [0.25, 0.3) is 0 Å². The van der Waals surface area contributed by atoms with E-state index in [-0.39, 0.29) is 0 Å². The molecular weight excluding hydrogens is 282 g/mol. The molecule has 1 atom stereocenters. The highest BCUT2D eigenvalue weighted by Crippen LogP contribution is 2.56. The molecule has 0 unspecified atom stereocenters. The number of amides is 1. The quantitative estimate of drug-likeness (QED) is 0.757. The van der Waals surface area contributed by atoms with Crippen LogP contribution in [0.1, 0.15) is 65.7 Å². The van der Waals surface area contributed by atoms with Crippen molar-refractivity contribution < 1.29 is 4.79 Å². The Morgan fingerprint density at radius 1 is 1.13 bits per heavy atom. The summed E-state index contributed by atoms with van der Waals surface area (Å²) in [6, 6.07) is 0. The molecule has 128 valence electrons. The zero-order valence-electron chi connectivity index (χ0n) is 15.1. The molecule has 4 saturated carbocycles. The molecule has 0 heterocycles. The van der Waals surface area contributed by atoms with Crippen LogP contribution in [0, 0.1) is 40.9 Å². The van der Waals surface area contributed by atoms with Gasteiger partial charge in [0.15, 0.2) is 0 Å². The van der Waals surface area contributed by atoms with E-state index in [0.717, 1.165) is 24.8 Å². The van der Waals surface area contributed by atoms with Gasteiger partial charge in [0.25, 0.3) is 0 Å². The highest BCUT2D eigenvalue weighted by molar-refractivity contribution is 5.79. The molecule has 0 aromatic carbocycles. The fraction of sp³-hybridized carbons (Fsp3) is 0.857. The van der Waals surface area contributed by atoms with Gasteiger partial charge in [-0.15, -0.1) is 0 Å². The lowest BCUT2D eigenvalue weighted by molar-refractivity contribution is -0.138. The zero-order chi connectivity index (χ0) is 16.2. The van der Waals surface area contributed by atoms with Gasteiger partial charge < -0.3 is 5.32 Å². The van der Waals surface area contributed by atoms with Crippen LogP contribution >= 0.6 is 0 Å². The first-order valence-electron chi connectivity index (χ1n) is 9.90. The Balaban J connectivity index is 1.30. The van der Waals surface area contributed by atoms with E-state index < -0.39 is 0 Å². The number of rotatable bonds is 4. The van der Waals surface area contributed by atoms with Gasteiger partial charge in [-0.2, -0.15) is 0 Å². The van der Waals surface area contributed by atoms with E-state index in [9.17, 15) is 4.79 Å². The van der Waals surface area contributed by atoms with E-state index >= 15 is 0 Å². The summed E-state index contributed by atoms with van der Waals surface area (Å²) in [6.07, 6.45) is 11.5. The minimum absolute atomic E-state index is 0.313. The first-order chi connectivity index (χ1) is 10.9. The Morgan fingerprint density at radius 3 is 2.26 bits per heavy atom. The highest BCUT2D eigenvalue weighted by atomic mass is 16.1. The van der Waals surface area contributed by atoms with Crippen LogP contribution in [0.5, 0.6) is 0 Å². The molecule has 2 heteroatoms. The molecule has 23 heavy (non-hydrogen) atoms. The second kappa shape index (κ2) is 5.63. The van der Waals surface area contributed by atoms with Crippen LogP contribution in [-0.4, -0.2) is 12.5 Å². The monoisotopic (exact) mass is 315 g/mol. The SMILES string of the molecule is CC1=CC[C@H](CCNC(=O)C2C3CC4CC(C3)CC2C4)C1(C)C. The Labute approximate surface area is 141 Å². The standard InChI is InChI=1S/C21H33NO/c1-13-4-5-18(21(13,2)3)6-7-22-20(23)19-16-9-14-8-15(11-16)12-17(19)10-14/h4,14-19H,5-12H2,1-3H3,(H,22,23)/t14?,15?,16?,17?,18-,19?/m1/s1. The maximum atomic E-state index is 12.8. The average molecular weight is 316 g/mol. The fourth-order valence-corrected chi connectivity index (χ4v) is 6.52. The third-order valence-electron chi connectivity index (χ3n) is 8.07. The molecule has 0 saturated heterocycles. The van der Waals surface area contributed by atoms with E-state index in [4.69, 9.17) is 0 Å². The van der Waals surface area contributed by atoms with Crippen LogP contribution in [0.3, 0.4) is 0 Å². The lowest BCUT2D eigenvalue weighted by atomic mass is 9.51. The molecule has 5 aliphatic rings. The molecule has 4 fully saturated rings. The summed E-state index contributed by atoms with van der Waals surface area (Å²) >= 11 is 0. The van der Waals surface area contributed by atoms with E-state index in [1.807, 2.05) is 0 Å². The second-order valence-electron chi connectivity index (χ2n) is 9.58. The normalized spacial score (nSPS) is 43.5. The van der Waals surface area contributed by atoms with Crippen LogP contribution in [-0.2, 0) is 4.79 Å². The van der Waals surface area contributed by atoms with E-state index in [0.29, 0.717) is 35.0 Å². The zero-order valence-corrected chi connectivity index (χ0v) is 15.1. The van der Waals surface area contributed by atoms with Crippen LogP contribution in [0.15, 0.2) is 11.6 Å². The first-order valence-corrected chi connectivity index (χ1v) is 9.90. The number of hydrogen-bond donors (Lipinski definition) is 1. The van der Waals surface area contributed by atoms with Crippen molar-refractivity contribution in [3.63, 3.8) is 0 Å². The van der Waals surface area contributed by atoms with Crippen molar-refractivity contribution in [3.05, 3.63) is 11.6 Å². The van der Waals surface area contributed by atoms with Gasteiger partial charge in [0.2, 0.25) is 5.91 Å². The van der Waals surface area contributed by atoms with Crippen molar-refractivity contribution in [1.82, 2.24) is 5.32 Å². The summed E-state index contributed by atoms with van der Waals surface area (Å²) in [6.45, 7) is 7.84. The predicted molar refractivity (Wildman–Crippen MR) is 93.8 cm³/mol. The Bertz CT molecular complexity index is 490. The molecule has 0 radical (unpaired) electrons. The van der Waals surface area contributed by atoms with Crippen molar-refractivity contribution in [2.24, 2.45) is 40.9 Å². The summed E-state index contributed by atoms with van der Waals surface area (Å²) in [5.74, 6) is 4.75. The molecule has 5 aliphatic carbocycles. The molecule has 0 spiro atoms. The van der Waals surface area contributed by atoms with E-state index in [1.54, 1.807) is 0 Å². The van der Waals surface area contributed by atoms with Crippen LogP contribution < -0.4 is 5.32 Å². The summed E-state index contributed by atoms with van der Waals surface area (Å²) in [4.78, 5) is 12.8. The van der Waals surface area contributed by atoms with Crippen molar-refractivity contribution in [3.8, 4) is 0 Å². The largest absolute Gasteiger partial charge is 0.356 e. The van der Waals surface area contributed by atoms with Gasteiger partial charge >= 0.3 is 0 Å².